The third kappa shape index (κ3) is 3.47. The van der Waals surface area contributed by atoms with E-state index in [1.807, 2.05) is 0 Å². The zero-order valence-corrected chi connectivity index (χ0v) is 10.1. The molecule has 1 aromatic rings. The molecule has 1 atom stereocenters. The number of aromatic nitrogens is 2. The molecule has 5 heteroatoms. The van der Waals surface area contributed by atoms with Crippen LogP contribution in [-0.4, -0.2) is 23.1 Å². The Hall–Kier alpha value is -0.610. The van der Waals surface area contributed by atoms with E-state index in [1.54, 1.807) is 7.11 Å². The first-order chi connectivity index (χ1) is 7.19. The van der Waals surface area contributed by atoms with Crippen molar-refractivity contribution in [3.63, 3.8) is 0 Å². The van der Waals surface area contributed by atoms with Crippen LogP contribution in [0.1, 0.15) is 38.1 Å². The van der Waals surface area contributed by atoms with E-state index in [1.165, 1.54) is 0 Å². The summed E-state index contributed by atoms with van der Waals surface area (Å²) in [7, 11) is 1.65. The van der Waals surface area contributed by atoms with E-state index in [0.29, 0.717) is 23.5 Å². The van der Waals surface area contributed by atoms with Crippen molar-refractivity contribution in [1.29, 1.82) is 0 Å². The molecular weight excluding hydrogens is 216 g/mol. The first kappa shape index (κ1) is 12.5. The molecule has 0 aliphatic carbocycles. The zero-order chi connectivity index (χ0) is 11.3. The van der Waals surface area contributed by atoms with Gasteiger partial charge in [-0.3, -0.25) is 0 Å². The molecule has 4 nitrogen and oxygen atoms in total. The second kappa shape index (κ2) is 6.08. The molecule has 86 valence electrons. The van der Waals surface area contributed by atoms with Gasteiger partial charge in [-0.15, -0.1) is 11.6 Å². The molecule has 0 spiro atoms. The van der Waals surface area contributed by atoms with Crippen molar-refractivity contribution >= 4 is 11.6 Å². The van der Waals surface area contributed by atoms with Crippen molar-refractivity contribution in [3.8, 4) is 0 Å². The molecule has 0 bridgehead atoms. The Balaban J connectivity index is 2.65. The van der Waals surface area contributed by atoms with Crippen LogP contribution in [0.2, 0.25) is 0 Å². The highest BCUT2D eigenvalue weighted by Crippen LogP contribution is 2.22. The SMILES string of the molecule is COC(c1noc(CCCCl)n1)C(C)C. The van der Waals surface area contributed by atoms with Crippen molar-refractivity contribution in [2.45, 2.75) is 32.8 Å². The predicted octanol–water partition coefficient (Wildman–Crippen LogP) is 2.58. The molecule has 1 heterocycles. The fourth-order valence-electron chi connectivity index (χ4n) is 1.38. The molecule has 1 unspecified atom stereocenters. The average Bonchev–Trinajstić information content (AvgIpc) is 2.64. The van der Waals surface area contributed by atoms with Crippen LogP contribution >= 0.6 is 11.6 Å². The number of alkyl halides is 1. The maximum atomic E-state index is 5.58. The minimum Gasteiger partial charge on any atom is -0.373 e. The van der Waals surface area contributed by atoms with Gasteiger partial charge in [-0.1, -0.05) is 19.0 Å². The van der Waals surface area contributed by atoms with Gasteiger partial charge in [-0.2, -0.15) is 4.98 Å². The highest BCUT2D eigenvalue weighted by molar-refractivity contribution is 6.17. The maximum absolute atomic E-state index is 5.58. The van der Waals surface area contributed by atoms with Crippen LogP contribution in [0, 0.1) is 5.92 Å². The van der Waals surface area contributed by atoms with Gasteiger partial charge < -0.3 is 9.26 Å². The molecule has 0 radical (unpaired) electrons. The molecule has 1 aromatic heterocycles. The van der Waals surface area contributed by atoms with E-state index in [0.717, 1.165) is 12.8 Å². The van der Waals surface area contributed by atoms with Gasteiger partial charge in [0.15, 0.2) is 0 Å². The Kier molecular flexibility index (Phi) is 5.05. The average molecular weight is 233 g/mol. The second-order valence-electron chi connectivity index (χ2n) is 3.74. The van der Waals surface area contributed by atoms with Crippen molar-refractivity contribution in [2.75, 3.05) is 13.0 Å². The number of hydrogen-bond acceptors (Lipinski definition) is 4. The smallest absolute Gasteiger partial charge is 0.226 e. The fourth-order valence-corrected chi connectivity index (χ4v) is 1.51. The van der Waals surface area contributed by atoms with E-state index >= 15 is 0 Å². The van der Waals surface area contributed by atoms with Gasteiger partial charge in [0.05, 0.1) is 0 Å². The Labute approximate surface area is 95.0 Å². The Morgan fingerprint density at radius 2 is 2.20 bits per heavy atom. The van der Waals surface area contributed by atoms with Crippen LogP contribution in [0.5, 0.6) is 0 Å². The van der Waals surface area contributed by atoms with Gasteiger partial charge in [0, 0.05) is 19.4 Å². The normalized spacial score (nSPS) is 13.4. The maximum Gasteiger partial charge on any atom is 0.226 e. The molecule has 0 aromatic carbocycles. The molecule has 0 aliphatic rings. The van der Waals surface area contributed by atoms with Crippen LogP contribution in [-0.2, 0) is 11.2 Å². The molecule has 0 saturated heterocycles. The van der Waals surface area contributed by atoms with Crippen molar-refractivity contribution in [2.24, 2.45) is 5.92 Å². The van der Waals surface area contributed by atoms with Crippen LogP contribution in [0.4, 0.5) is 0 Å². The molecule has 0 fully saturated rings. The summed E-state index contributed by atoms with van der Waals surface area (Å²) in [5.41, 5.74) is 0. The van der Waals surface area contributed by atoms with Gasteiger partial charge in [0.2, 0.25) is 11.7 Å². The lowest BCUT2D eigenvalue weighted by Crippen LogP contribution is -2.10. The lowest BCUT2D eigenvalue weighted by molar-refractivity contribution is 0.0555. The standard InChI is InChI=1S/C10H17ClN2O2/c1-7(2)9(14-3)10-12-8(15-13-10)5-4-6-11/h7,9H,4-6H2,1-3H3. The quantitative estimate of drug-likeness (QED) is 0.708. The van der Waals surface area contributed by atoms with E-state index < -0.39 is 0 Å². The molecule has 15 heavy (non-hydrogen) atoms. The Morgan fingerprint density at radius 3 is 2.73 bits per heavy atom. The number of ether oxygens (including phenoxy) is 1. The van der Waals surface area contributed by atoms with Gasteiger partial charge in [0.25, 0.3) is 0 Å². The number of methoxy groups -OCH3 is 1. The third-order valence-electron chi connectivity index (χ3n) is 2.12. The van der Waals surface area contributed by atoms with Gasteiger partial charge in [0.1, 0.15) is 6.10 Å². The van der Waals surface area contributed by atoms with E-state index in [2.05, 4.69) is 24.0 Å². The summed E-state index contributed by atoms with van der Waals surface area (Å²) in [6, 6.07) is 0. The minimum atomic E-state index is -0.0986. The van der Waals surface area contributed by atoms with Crippen LogP contribution < -0.4 is 0 Å². The highest BCUT2D eigenvalue weighted by Gasteiger charge is 2.20. The first-order valence-electron chi connectivity index (χ1n) is 5.10. The topological polar surface area (TPSA) is 48.2 Å². The molecule has 0 N–H and O–H groups in total. The van der Waals surface area contributed by atoms with Crippen LogP contribution in [0.25, 0.3) is 0 Å². The van der Waals surface area contributed by atoms with Crippen molar-refractivity contribution < 1.29 is 9.26 Å². The second-order valence-corrected chi connectivity index (χ2v) is 4.12. The zero-order valence-electron chi connectivity index (χ0n) is 9.36. The monoisotopic (exact) mass is 232 g/mol. The Morgan fingerprint density at radius 1 is 1.47 bits per heavy atom. The van der Waals surface area contributed by atoms with Gasteiger partial charge in [-0.05, 0) is 12.3 Å². The molecular formula is C10H17ClN2O2. The number of hydrogen-bond donors (Lipinski definition) is 0. The van der Waals surface area contributed by atoms with E-state index in [9.17, 15) is 0 Å². The summed E-state index contributed by atoms with van der Waals surface area (Å²) in [5, 5.41) is 3.91. The summed E-state index contributed by atoms with van der Waals surface area (Å²) < 4.78 is 10.4. The van der Waals surface area contributed by atoms with E-state index in [4.69, 9.17) is 20.9 Å². The van der Waals surface area contributed by atoms with Gasteiger partial charge >= 0.3 is 0 Å². The number of halogens is 1. The largest absolute Gasteiger partial charge is 0.373 e. The summed E-state index contributed by atoms with van der Waals surface area (Å²) in [4.78, 5) is 4.28. The van der Waals surface area contributed by atoms with Crippen molar-refractivity contribution in [3.05, 3.63) is 11.7 Å². The van der Waals surface area contributed by atoms with Gasteiger partial charge in [-0.25, -0.2) is 0 Å². The van der Waals surface area contributed by atoms with Crippen LogP contribution in [0.3, 0.4) is 0 Å². The minimum absolute atomic E-state index is 0.0986. The summed E-state index contributed by atoms with van der Waals surface area (Å²) in [5.74, 6) is 2.19. The third-order valence-corrected chi connectivity index (χ3v) is 2.39. The van der Waals surface area contributed by atoms with Crippen LogP contribution in [0.15, 0.2) is 4.52 Å². The number of rotatable bonds is 6. The first-order valence-corrected chi connectivity index (χ1v) is 5.63. The molecule has 0 aliphatic heterocycles. The summed E-state index contributed by atoms with van der Waals surface area (Å²) >= 11 is 5.58. The van der Waals surface area contributed by atoms with E-state index in [-0.39, 0.29) is 6.10 Å². The molecule has 1 rings (SSSR count). The molecule has 0 saturated carbocycles. The lowest BCUT2D eigenvalue weighted by atomic mass is 10.1. The Bertz CT molecular complexity index is 289. The summed E-state index contributed by atoms with van der Waals surface area (Å²) in [6.45, 7) is 4.12. The number of aryl methyl sites for hydroxylation is 1. The highest BCUT2D eigenvalue weighted by atomic mass is 35.5. The molecule has 0 amide bonds. The van der Waals surface area contributed by atoms with Crippen molar-refractivity contribution in [1.82, 2.24) is 10.1 Å². The lowest BCUT2D eigenvalue weighted by Gasteiger charge is -2.14. The summed E-state index contributed by atoms with van der Waals surface area (Å²) in [6.07, 6.45) is 1.48. The number of nitrogens with zero attached hydrogens (tertiary/aromatic N) is 2. The fraction of sp³-hybridized carbons (Fsp3) is 0.800. The predicted molar refractivity (Wildman–Crippen MR) is 57.9 cm³/mol.